The SMILES string of the molecule is C=CN=C/C=C(C(=C)C)\C1=C\N/N=C\C=C/C1=C. The fraction of sp³-hybridized carbons (Fsp3) is 0.0667. The molecule has 0 fully saturated rings. The fourth-order valence-corrected chi connectivity index (χ4v) is 1.42. The van der Waals surface area contributed by atoms with Gasteiger partial charge in [-0.05, 0) is 30.2 Å². The molecule has 3 nitrogen and oxygen atoms in total. The number of rotatable bonds is 4. The molecule has 0 atom stereocenters. The van der Waals surface area contributed by atoms with Gasteiger partial charge in [0.05, 0.1) is 0 Å². The van der Waals surface area contributed by atoms with Crippen molar-refractivity contribution >= 4 is 12.4 Å². The molecule has 1 rings (SSSR count). The molecule has 0 aromatic rings. The van der Waals surface area contributed by atoms with Gasteiger partial charge in [-0.25, -0.2) is 0 Å². The summed E-state index contributed by atoms with van der Waals surface area (Å²) >= 11 is 0. The van der Waals surface area contributed by atoms with E-state index in [1.165, 1.54) is 6.20 Å². The number of hydrogen-bond donors (Lipinski definition) is 1. The Kier molecular flexibility index (Phi) is 5.32. The second-order valence-electron chi connectivity index (χ2n) is 3.69. The van der Waals surface area contributed by atoms with Gasteiger partial charge in [-0.3, -0.25) is 10.4 Å². The first-order valence-electron chi connectivity index (χ1n) is 5.52. The van der Waals surface area contributed by atoms with Crippen LogP contribution in [0.2, 0.25) is 0 Å². The van der Waals surface area contributed by atoms with Crippen LogP contribution < -0.4 is 5.43 Å². The van der Waals surface area contributed by atoms with Crippen LogP contribution in [-0.2, 0) is 0 Å². The lowest BCUT2D eigenvalue weighted by atomic mass is 9.94. The molecule has 92 valence electrons. The summed E-state index contributed by atoms with van der Waals surface area (Å²) in [5.74, 6) is 0. The van der Waals surface area contributed by atoms with Crippen molar-refractivity contribution in [2.75, 3.05) is 0 Å². The molecule has 0 spiro atoms. The lowest BCUT2D eigenvalue weighted by Gasteiger charge is -2.13. The Labute approximate surface area is 108 Å². The quantitative estimate of drug-likeness (QED) is 0.593. The second kappa shape index (κ2) is 7.01. The summed E-state index contributed by atoms with van der Waals surface area (Å²) < 4.78 is 0. The molecule has 0 aliphatic carbocycles. The molecule has 0 bridgehead atoms. The summed E-state index contributed by atoms with van der Waals surface area (Å²) in [6.45, 7) is 13.5. The monoisotopic (exact) mass is 239 g/mol. The highest BCUT2D eigenvalue weighted by Crippen LogP contribution is 2.24. The van der Waals surface area contributed by atoms with Gasteiger partial charge in [0.25, 0.3) is 0 Å². The lowest BCUT2D eigenvalue weighted by Crippen LogP contribution is -2.03. The summed E-state index contributed by atoms with van der Waals surface area (Å²) in [5, 5.41) is 3.97. The van der Waals surface area contributed by atoms with Crippen molar-refractivity contribution in [1.82, 2.24) is 5.43 Å². The number of nitrogens with one attached hydrogen (secondary N) is 1. The van der Waals surface area contributed by atoms with Gasteiger partial charge in [0.15, 0.2) is 0 Å². The second-order valence-corrected chi connectivity index (χ2v) is 3.69. The van der Waals surface area contributed by atoms with Crippen LogP contribution in [0, 0.1) is 0 Å². The van der Waals surface area contributed by atoms with Gasteiger partial charge in [-0.1, -0.05) is 31.4 Å². The number of hydrogen-bond acceptors (Lipinski definition) is 3. The van der Waals surface area contributed by atoms with E-state index in [4.69, 9.17) is 0 Å². The van der Waals surface area contributed by atoms with Gasteiger partial charge in [-0.2, -0.15) is 5.10 Å². The molecule has 0 aromatic carbocycles. The number of allylic oxidation sites excluding steroid dienone is 7. The zero-order valence-electron chi connectivity index (χ0n) is 10.6. The minimum atomic E-state index is 0.884. The van der Waals surface area contributed by atoms with Crippen LogP contribution in [0.4, 0.5) is 0 Å². The number of nitrogens with zero attached hydrogens (tertiary/aromatic N) is 2. The third-order valence-electron chi connectivity index (χ3n) is 2.27. The van der Waals surface area contributed by atoms with E-state index in [0.29, 0.717) is 0 Å². The molecule has 1 heterocycles. The Bertz CT molecular complexity index is 500. The first-order chi connectivity index (χ1) is 8.66. The molecule has 3 heteroatoms. The van der Waals surface area contributed by atoms with Crippen LogP contribution in [-0.4, -0.2) is 12.4 Å². The molecule has 0 radical (unpaired) electrons. The Balaban J connectivity index is 3.16. The molecule has 0 saturated heterocycles. The van der Waals surface area contributed by atoms with Gasteiger partial charge in [-0.15, -0.1) is 0 Å². The highest BCUT2D eigenvalue weighted by molar-refractivity contribution is 5.78. The molecular formula is C15H17N3. The largest absolute Gasteiger partial charge is 0.285 e. The smallest absolute Gasteiger partial charge is 0.0472 e. The van der Waals surface area contributed by atoms with Crippen molar-refractivity contribution < 1.29 is 0 Å². The fourth-order valence-electron chi connectivity index (χ4n) is 1.42. The maximum Gasteiger partial charge on any atom is 0.0472 e. The lowest BCUT2D eigenvalue weighted by molar-refractivity contribution is 0.963. The van der Waals surface area contributed by atoms with Crippen molar-refractivity contribution in [3.63, 3.8) is 0 Å². The van der Waals surface area contributed by atoms with Gasteiger partial charge >= 0.3 is 0 Å². The van der Waals surface area contributed by atoms with Crippen LogP contribution >= 0.6 is 0 Å². The number of aliphatic imine (C=N–C) groups is 1. The summed E-state index contributed by atoms with van der Waals surface area (Å²) in [5.41, 5.74) is 6.55. The average Bonchev–Trinajstić information content (AvgIpc) is 2.31. The van der Waals surface area contributed by atoms with E-state index >= 15 is 0 Å². The highest BCUT2D eigenvalue weighted by atomic mass is 15.3. The third kappa shape index (κ3) is 3.87. The van der Waals surface area contributed by atoms with Crippen LogP contribution in [0.5, 0.6) is 0 Å². The van der Waals surface area contributed by atoms with Crippen molar-refractivity contribution in [3.05, 3.63) is 72.7 Å². The van der Waals surface area contributed by atoms with Crippen LogP contribution in [0.1, 0.15) is 6.92 Å². The molecule has 1 N–H and O–H groups in total. The van der Waals surface area contributed by atoms with E-state index in [1.807, 2.05) is 25.2 Å². The minimum Gasteiger partial charge on any atom is -0.285 e. The van der Waals surface area contributed by atoms with E-state index in [0.717, 1.165) is 22.3 Å². The predicted molar refractivity (Wildman–Crippen MR) is 79.6 cm³/mol. The van der Waals surface area contributed by atoms with Gasteiger partial charge in [0, 0.05) is 30.4 Å². The normalized spacial score (nSPS) is 22.4. The molecule has 0 unspecified atom stereocenters. The zero-order valence-corrected chi connectivity index (χ0v) is 10.6. The van der Waals surface area contributed by atoms with E-state index in [2.05, 4.69) is 35.3 Å². The van der Waals surface area contributed by atoms with Crippen LogP contribution in [0.25, 0.3) is 0 Å². The predicted octanol–water partition coefficient (Wildman–Crippen LogP) is 3.29. The highest BCUT2D eigenvalue weighted by Gasteiger charge is 2.08. The van der Waals surface area contributed by atoms with Crippen LogP contribution in [0.3, 0.4) is 0 Å². The molecule has 1 aliphatic rings. The molecular weight excluding hydrogens is 222 g/mol. The Morgan fingerprint density at radius 1 is 1.50 bits per heavy atom. The Morgan fingerprint density at radius 2 is 2.28 bits per heavy atom. The summed E-state index contributed by atoms with van der Waals surface area (Å²) in [6.07, 6.45) is 12.2. The minimum absolute atomic E-state index is 0.884. The van der Waals surface area contributed by atoms with Gasteiger partial charge < -0.3 is 0 Å². The van der Waals surface area contributed by atoms with E-state index in [9.17, 15) is 0 Å². The molecule has 0 aromatic heterocycles. The first kappa shape index (κ1) is 13.6. The maximum absolute atomic E-state index is 4.03. The molecule has 0 saturated carbocycles. The summed E-state index contributed by atoms with van der Waals surface area (Å²) in [7, 11) is 0. The van der Waals surface area contributed by atoms with Crippen molar-refractivity contribution in [1.29, 1.82) is 0 Å². The van der Waals surface area contributed by atoms with Gasteiger partial charge in [0.1, 0.15) is 0 Å². The van der Waals surface area contributed by atoms with E-state index in [1.54, 1.807) is 18.6 Å². The van der Waals surface area contributed by atoms with Gasteiger partial charge in [0.2, 0.25) is 0 Å². The van der Waals surface area contributed by atoms with Crippen molar-refractivity contribution in [3.8, 4) is 0 Å². The summed E-state index contributed by atoms with van der Waals surface area (Å²) in [6, 6.07) is 0. The van der Waals surface area contributed by atoms with Crippen molar-refractivity contribution in [2.24, 2.45) is 10.1 Å². The van der Waals surface area contributed by atoms with E-state index in [-0.39, 0.29) is 0 Å². The zero-order chi connectivity index (χ0) is 13.4. The van der Waals surface area contributed by atoms with E-state index < -0.39 is 0 Å². The first-order valence-corrected chi connectivity index (χ1v) is 5.52. The molecule has 1 aliphatic heterocycles. The maximum atomic E-state index is 4.03. The topological polar surface area (TPSA) is 36.8 Å². The van der Waals surface area contributed by atoms with Crippen LogP contribution in [0.15, 0.2) is 82.8 Å². The Hall–Kier alpha value is -2.42. The van der Waals surface area contributed by atoms with Crippen molar-refractivity contribution in [2.45, 2.75) is 6.92 Å². The Morgan fingerprint density at radius 3 is 2.94 bits per heavy atom. The number of hydrazone groups is 1. The summed E-state index contributed by atoms with van der Waals surface area (Å²) in [4.78, 5) is 3.95. The standard InChI is InChI=1S/C15H17N3/c1-5-16-10-8-14(12(2)3)15-11-18-17-9-6-7-13(15)4/h5-11,18H,1-2,4H2,3H3/b7-6-,14-8-,15-11+,16-10?,17-9-. The average molecular weight is 239 g/mol. The molecule has 0 amide bonds. The third-order valence-corrected chi connectivity index (χ3v) is 2.27. The molecule has 18 heavy (non-hydrogen) atoms.